The number of aliphatic hydroxyl groups is 1. The molecule has 0 saturated heterocycles. The van der Waals surface area contributed by atoms with Crippen LogP contribution in [0.4, 0.5) is 0 Å². The van der Waals surface area contributed by atoms with Crippen molar-refractivity contribution in [2.45, 2.75) is 0 Å². The van der Waals surface area contributed by atoms with Gasteiger partial charge < -0.3 is 10.0 Å². The number of aliphatic hydroxyl groups excluding tert-OH is 1. The number of hydrogen-bond donors (Lipinski definition) is 1. The lowest BCUT2D eigenvalue weighted by Crippen LogP contribution is -2.33. The Hall–Kier alpha value is -1.68. The van der Waals surface area contributed by atoms with E-state index < -0.39 is 0 Å². The van der Waals surface area contributed by atoms with Crippen LogP contribution in [0.5, 0.6) is 0 Å². The molecule has 4 heteroatoms. The molecule has 0 aliphatic rings. The lowest BCUT2D eigenvalue weighted by Gasteiger charge is -2.19. The Morgan fingerprint density at radius 1 is 1.67 bits per heavy atom. The maximum absolute atomic E-state index is 11.9. The normalized spacial score (nSPS) is 9.67. The van der Waals surface area contributed by atoms with Gasteiger partial charge in [0.2, 0.25) is 0 Å². The monoisotopic (exact) mass is 206 g/mol. The third kappa shape index (κ3) is 3.18. The molecular formula is C11H14N2O2. The Bertz CT molecular complexity index is 325. The van der Waals surface area contributed by atoms with E-state index in [1.807, 2.05) is 0 Å². The molecule has 0 spiro atoms. The molecule has 0 bridgehead atoms. The predicted octanol–water partition coefficient (Wildman–Crippen LogP) is 0.702. The van der Waals surface area contributed by atoms with E-state index in [4.69, 9.17) is 5.11 Å². The second kappa shape index (κ2) is 5.93. The number of rotatable bonds is 5. The van der Waals surface area contributed by atoms with Crippen LogP contribution in [0.2, 0.25) is 0 Å². The van der Waals surface area contributed by atoms with Crippen molar-refractivity contribution in [2.24, 2.45) is 0 Å². The van der Waals surface area contributed by atoms with Crippen molar-refractivity contribution in [3.63, 3.8) is 0 Å². The molecule has 0 saturated carbocycles. The van der Waals surface area contributed by atoms with Gasteiger partial charge in [0.15, 0.2) is 0 Å². The third-order valence-electron chi connectivity index (χ3n) is 1.92. The van der Waals surface area contributed by atoms with Gasteiger partial charge in [-0.05, 0) is 12.1 Å². The zero-order valence-corrected chi connectivity index (χ0v) is 8.47. The van der Waals surface area contributed by atoms with Gasteiger partial charge in [0.1, 0.15) is 0 Å². The van der Waals surface area contributed by atoms with Crippen LogP contribution in [0.1, 0.15) is 10.4 Å². The Balaban J connectivity index is 2.76. The van der Waals surface area contributed by atoms with Crippen molar-refractivity contribution in [1.82, 2.24) is 9.88 Å². The van der Waals surface area contributed by atoms with E-state index >= 15 is 0 Å². The first-order valence-electron chi connectivity index (χ1n) is 4.70. The zero-order chi connectivity index (χ0) is 11.1. The Morgan fingerprint density at radius 3 is 3.00 bits per heavy atom. The number of nitrogens with zero attached hydrogens (tertiary/aromatic N) is 2. The molecule has 1 amide bonds. The van der Waals surface area contributed by atoms with Crippen molar-refractivity contribution in [3.05, 3.63) is 42.7 Å². The molecule has 0 aliphatic heterocycles. The molecule has 0 atom stereocenters. The standard InChI is InChI=1S/C11H14N2O2/c1-2-6-13(7-8-14)11(15)10-4-3-5-12-9-10/h2-5,9,14H,1,6-8H2. The number of amides is 1. The highest BCUT2D eigenvalue weighted by Gasteiger charge is 2.13. The second-order valence-corrected chi connectivity index (χ2v) is 3.01. The lowest BCUT2D eigenvalue weighted by molar-refractivity contribution is 0.0742. The third-order valence-corrected chi connectivity index (χ3v) is 1.92. The summed E-state index contributed by atoms with van der Waals surface area (Å²) in [5.41, 5.74) is 0.521. The fraction of sp³-hybridized carbons (Fsp3) is 0.273. The summed E-state index contributed by atoms with van der Waals surface area (Å²) in [6.07, 6.45) is 4.75. The smallest absolute Gasteiger partial charge is 0.255 e. The molecular weight excluding hydrogens is 192 g/mol. The van der Waals surface area contributed by atoms with Crippen molar-refractivity contribution >= 4 is 5.91 Å². The molecule has 0 unspecified atom stereocenters. The van der Waals surface area contributed by atoms with Gasteiger partial charge in [-0.1, -0.05) is 6.08 Å². The van der Waals surface area contributed by atoms with Crippen LogP contribution >= 0.6 is 0 Å². The van der Waals surface area contributed by atoms with Crippen LogP contribution in [-0.2, 0) is 0 Å². The largest absolute Gasteiger partial charge is 0.395 e. The molecule has 1 aromatic heterocycles. The van der Waals surface area contributed by atoms with E-state index in [1.165, 1.54) is 11.1 Å². The number of pyridine rings is 1. The molecule has 1 N–H and O–H groups in total. The van der Waals surface area contributed by atoms with Crippen molar-refractivity contribution < 1.29 is 9.90 Å². The van der Waals surface area contributed by atoms with Gasteiger partial charge in [0, 0.05) is 25.5 Å². The first-order chi connectivity index (χ1) is 7.29. The first-order valence-corrected chi connectivity index (χ1v) is 4.70. The minimum Gasteiger partial charge on any atom is -0.395 e. The highest BCUT2D eigenvalue weighted by Crippen LogP contribution is 2.02. The molecule has 4 nitrogen and oxygen atoms in total. The van der Waals surface area contributed by atoms with Crippen LogP contribution in [0.15, 0.2) is 37.2 Å². The van der Waals surface area contributed by atoms with E-state index in [2.05, 4.69) is 11.6 Å². The average Bonchev–Trinajstić information content (AvgIpc) is 2.29. The first kappa shape index (κ1) is 11.4. The van der Waals surface area contributed by atoms with Gasteiger partial charge in [0.05, 0.1) is 12.2 Å². The molecule has 1 heterocycles. The van der Waals surface area contributed by atoms with Crippen LogP contribution < -0.4 is 0 Å². The summed E-state index contributed by atoms with van der Waals surface area (Å²) < 4.78 is 0. The highest BCUT2D eigenvalue weighted by molar-refractivity contribution is 5.93. The molecule has 1 aromatic rings. The topological polar surface area (TPSA) is 53.4 Å². The summed E-state index contributed by atoms with van der Waals surface area (Å²) in [5, 5.41) is 8.82. The van der Waals surface area contributed by atoms with Gasteiger partial charge in [-0.2, -0.15) is 0 Å². The summed E-state index contributed by atoms with van der Waals surface area (Å²) in [7, 11) is 0. The van der Waals surface area contributed by atoms with Crippen molar-refractivity contribution in [3.8, 4) is 0 Å². The highest BCUT2D eigenvalue weighted by atomic mass is 16.3. The summed E-state index contributed by atoms with van der Waals surface area (Å²) in [4.78, 5) is 17.2. The molecule has 1 rings (SSSR count). The van der Waals surface area contributed by atoms with Crippen molar-refractivity contribution in [2.75, 3.05) is 19.7 Å². The van der Waals surface area contributed by atoms with Gasteiger partial charge in [-0.15, -0.1) is 6.58 Å². The minimum absolute atomic E-state index is 0.0557. The number of hydrogen-bond acceptors (Lipinski definition) is 3. The van der Waals surface area contributed by atoms with E-state index in [0.717, 1.165) is 0 Å². The average molecular weight is 206 g/mol. The maximum Gasteiger partial charge on any atom is 0.255 e. The molecule has 0 fully saturated rings. The van der Waals surface area contributed by atoms with Crippen LogP contribution in [0, 0.1) is 0 Å². The Morgan fingerprint density at radius 2 is 2.47 bits per heavy atom. The maximum atomic E-state index is 11.9. The minimum atomic E-state index is -0.142. The predicted molar refractivity (Wildman–Crippen MR) is 57.4 cm³/mol. The number of carbonyl (C=O) groups is 1. The summed E-state index contributed by atoms with van der Waals surface area (Å²) in [6, 6.07) is 3.40. The summed E-state index contributed by atoms with van der Waals surface area (Å²) in [6.45, 7) is 4.24. The van der Waals surface area contributed by atoms with E-state index in [9.17, 15) is 4.79 Å². The van der Waals surface area contributed by atoms with Gasteiger partial charge in [-0.25, -0.2) is 0 Å². The van der Waals surface area contributed by atoms with Crippen molar-refractivity contribution in [1.29, 1.82) is 0 Å². The van der Waals surface area contributed by atoms with Gasteiger partial charge >= 0.3 is 0 Å². The fourth-order valence-corrected chi connectivity index (χ4v) is 1.22. The van der Waals surface area contributed by atoms with Gasteiger partial charge in [-0.3, -0.25) is 9.78 Å². The van der Waals surface area contributed by atoms with Gasteiger partial charge in [0.25, 0.3) is 5.91 Å². The quantitative estimate of drug-likeness (QED) is 0.721. The summed E-state index contributed by atoms with van der Waals surface area (Å²) >= 11 is 0. The van der Waals surface area contributed by atoms with E-state index in [1.54, 1.807) is 24.4 Å². The number of carbonyl (C=O) groups excluding carboxylic acids is 1. The Labute approximate surface area is 88.9 Å². The zero-order valence-electron chi connectivity index (χ0n) is 8.47. The molecule has 0 aromatic carbocycles. The molecule has 80 valence electrons. The molecule has 0 aliphatic carbocycles. The fourth-order valence-electron chi connectivity index (χ4n) is 1.22. The second-order valence-electron chi connectivity index (χ2n) is 3.01. The van der Waals surface area contributed by atoms with Crippen LogP contribution in [0.3, 0.4) is 0 Å². The molecule has 15 heavy (non-hydrogen) atoms. The number of aromatic nitrogens is 1. The van der Waals surface area contributed by atoms with Crippen LogP contribution in [-0.4, -0.2) is 40.6 Å². The lowest BCUT2D eigenvalue weighted by atomic mass is 10.2. The van der Waals surface area contributed by atoms with E-state index in [0.29, 0.717) is 18.7 Å². The SMILES string of the molecule is C=CCN(CCO)C(=O)c1cccnc1. The van der Waals surface area contributed by atoms with E-state index in [-0.39, 0.29) is 12.5 Å². The van der Waals surface area contributed by atoms with Crippen LogP contribution in [0.25, 0.3) is 0 Å². The summed E-state index contributed by atoms with van der Waals surface area (Å²) in [5.74, 6) is -0.142. The Kier molecular flexibility index (Phi) is 4.50. The molecule has 0 radical (unpaired) electrons.